The van der Waals surface area contributed by atoms with Gasteiger partial charge >= 0.3 is 0 Å². The van der Waals surface area contributed by atoms with Crippen LogP contribution in [0.1, 0.15) is 24.2 Å². The van der Waals surface area contributed by atoms with Gasteiger partial charge in [-0.2, -0.15) is 0 Å². The van der Waals surface area contributed by atoms with E-state index in [0.717, 1.165) is 5.56 Å². The Kier molecular flexibility index (Phi) is 3.25. The predicted molar refractivity (Wildman–Crippen MR) is 62.1 cm³/mol. The van der Waals surface area contributed by atoms with E-state index in [4.69, 9.17) is 4.74 Å². The molecule has 0 unspecified atom stereocenters. The topological polar surface area (TPSA) is 29.5 Å². The number of carbonyl (C=O) groups excluding carboxylic acids is 1. The predicted octanol–water partition coefficient (Wildman–Crippen LogP) is 1.91. The summed E-state index contributed by atoms with van der Waals surface area (Å²) in [4.78, 5) is 13.1. The van der Waals surface area contributed by atoms with Gasteiger partial charge in [0.05, 0.1) is 13.2 Å². The van der Waals surface area contributed by atoms with Crippen molar-refractivity contribution in [2.45, 2.75) is 20.0 Å². The SMILES string of the molecule is CC(=O)N1CCO[C@@H](c2ccc(C)cc2)C1. The van der Waals surface area contributed by atoms with Crippen LogP contribution in [0.5, 0.6) is 0 Å². The molecule has 1 aromatic rings. The Morgan fingerprint density at radius 3 is 2.69 bits per heavy atom. The number of carbonyl (C=O) groups is 1. The second-order valence-electron chi connectivity index (χ2n) is 4.24. The van der Waals surface area contributed by atoms with Gasteiger partial charge in [-0.1, -0.05) is 29.8 Å². The highest BCUT2D eigenvalue weighted by atomic mass is 16.5. The largest absolute Gasteiger partial charge is 0.370 e. The van der Waals surface area contributed by atoms with Crippen LogP contribution in [0.2, 0.25) is 0 Å². The van der Waals surface area contributed by atoms with Crippen LogP contribution in [0, 0.1) is 6.92 Å². The zero-order valence-corrected chi connectivity index (χ0v) is 9.77. The highest BCUT2D eigenvalue weighted by Crippen LogP contribution is 2.22. The van der Waals surface area contributed by atoms with Crippen LogP contribution < -0.4 is 0 Å². The number of hydrogen-bond acceptors (Lipinski definition) is 2. The second kappa shape index (κ2) is 4.66. The van der Waals surface area contributed by atoms with E-state index in [1.807, 2.05) is 4.90 Å². The molecule has 1 saturated heterocycles. The molecule has 0 radical (unpaired) electrons. The van der Waals surface area contributed by atoms with E-state index in [1.54, 1.807) is 6.92 Å². The van der Waals surface area contributed by atoms with Crippen molar-refractivity contribution in [3.63, 3.8) is 0 Å². The summed E-state index contributed by atoms with van der Waals surface area (Å²) in [5.74, 6) is 0.125. The van der Waals surface area contributed by atoms with Crippen LogP contribution in [0.25, 0.3) is 0 Å². The van der Waals surface area contributed by atoms with Crippen molar-refractivity contribution >= 4 is 5.91 Å². The first-order valence-electron chi connectivity index (χ1n) is 5.60. The molecular weight excluding hydrogens is 202 g/mol. The summed E-state index contributed by atoms with van der Waals surface area (Å²) >= 11 is 0. The van der Waals surface area contributed by atoms with Crippen LogP contribution in [-0.4, -0.2) is 30.5 Å². The van der Waals surface area contributed by atoms with Crippen LogP contribution >= 0.6 is 0 Å². The van der Waals surface area contributed by atoms with Crippen molar-refractivity contribution < 1.29 is 9.53 Å². The van der Waals surface area contributed by atoms with Gasteiger partial charge in [-0.3, -0.25) is 4.79 Å². The zero-order chi connectivity index (χ0) is 11.5. The Bertz CT molecular complexity index is 372. The lowest BCUT2D eigenvalue weighted by atomic mass is 10.1. The van der Waals surface area contributed by atoms with Crippen LogP contribution in [0.4, 0.5) is 0 Å². The van der Waals surface area contributed by atoms with Gasteiger partial charge in [-0.25, -0.2) is 0 Å². The average Bonchev–Trinajstić information content (AvgIpc) is 2.30. The first-order chi connectivity index (χ1) is 7.66. The molecule has 1 heterocycles. The van der Waals surface area contributed by atoms with E-state index in [-0.39, 0.29) is 12.0 Å². The molecule has 1 aromatic carbocycles. The Morgan fingerprint density at radius 2 is 2.06 bits per heavy atom. The van der Waals surface area contributed by atoms with Crippen molar-refractivity contribution in [1.82, 2.24) is 4.90 Å². The maximum absolute atomic E-state index is 11.3. The molecule has 0 aromatic heterocycles. The van der Waals surface area contributed by atoms with Gasteiger partial charge < -0.3 is 9.64 Å². The van der Waals surface area contributed by atoms with Gasteiger partial charge in [-0.15, -0.1) is 0 Å². The molecule has 0 saturated carbocycles. The van der Waals surface area contributed by atoms with Crippen molar-refractivity contribution in [1.29, 1.82) is 0 Å². The summed E-state index contributed by atoms with van der Waals surface area (Å²) in [6.07, 6.45) is 0.0262. The lowest BCUT2D eigenvalue weighted by molar-refractivity contribution is -0.136. The number of ether oxygens (including phenoxy) is 1. The monoisotopic (exact) mass is 219 g/mol. The number of benzene rings is 1. The fourth-order valence-electron chi connectivity index (χ4n) is 1.92. The first-order valence-corrected chi connectivity index (χ1v) is 5.60. The van der Waals surface area contributed by atoms with E-state index >= 15 is 0 Å². The number of rotatable bonds is 1. The molecule has 1 aliphatic rings. The molecule has 0 bridgehead atoms. The maximum Gasteiger partial charge on any atom is 0.219 e. The van der Waals surface area contributed by atoms with E-state index in [9.17, 15) is 4.79 Å². The molecule has 3 heteroatoms. The minimum Gasteiger partial charge on any atom is -0.370 e. The third kappa shape index (κ3) is 2.42. The summed E-state index contributed by atoms with van der Waals surface area (Å²) in [7, 11) is 0. The molecule has 1 atom stereocenters. The number of amides is 1. The summed E-state index contributed by atoms with van der Waals surface area (Å²) in [6.45, 7) is 5.67. The highest BCUT2D eigenvalue weighted by molar-refractivity contribution is 5.73. The van der Waals surface area contributed by atoms with Crippen LogP contribution in [0.3, 0.4) is 0 Å². The minimum absolute atomic E-state index is 0.0262. The number of aryl methyl sites for hydroxylation is 1. The van der Waals surface area contributed by atoms with Gasteiger partial charge in [0.25, 0.3) is 0 Å². The normalized spacial score (nSPS) is 20.9. The number of hydrogen-bond donors (Lipinski definition) is 0. The Balaban J connectivity index is 2.09. The highest BCUT2D eigenvalue weighted by Gasteiger charge is 2.23. The minimum atomic E-state index is 0.0262. The van der Waals surface area contributed by atoms with Crippen molar-refractivity contribution in [2.24, 2.45) is 0 Å². The van der Waals surface area contributed by atoms with Crippen molar-refractivity contribution in [3.05, 3.63) is 35.4 Å². The maximum atomic E-state index is 11.3. The Labute approximate surface area is 96.0 Å². The second-order valence-corrected chi connectivity index (χ2v) is 4.24. The molecule has 3 nitrogen and oxygen atoms in total. The van der Waals surface area contributed by atoms with Gasteiger partial charge in [0.15, 0.2) is 0 Å². The van der Waals surface area contributed by atoms with E-state index in [0.29, 0.717) is 19.7 Å². The Hall–Kier alpha value is -1.35. The van der Waals surface area contributed by atoms with Gasteiger partial charge in [0, 0.05) is 13.5 Å². The third-order valence-electron chi connectivity index (χ3n) is 2.96. The molecule has 0 N–H and O–H groups in total. The molecule has 2 rings (SSSR count). The van der Waals surface area contributed by atoms with Crippen LogP contribution in [-0.2, 0) is 9.53 Å². The van der Waals surface area contributed by atoms with Gasteiger partial charge in [-0.05, 0) is 12.5 Å². The fraction of sp³-hybridized carbons (Fsp3) is 0.462. The molecule has 86 valence electrons. The average molecular weight is 219 g/mol. The smallest absolute Gasteiger partial charge is 0.219 e. The molecule has 1 fully saturated rings. The third-order valence-corrected chi connectivity index (χ3v) is 2.96. The quantitative estimate of drug-likeness (QED) is 0.722. The van der Waals surface area contributed by atoms with Crippen molar-refractivity contribution in [3.8, 4) is 0 Å². The van der Waals surface area contributed by atoms with Crippen molar-refractivity contribution in [2.75, 3.05) is 19.7 Å². The summed E-state index contributed by atoms with van der Waals surface area (Å²) in [5.41, 5.74) is 2.39. The van der Waals surface area contributed by atoms with E-state index in [1.165, 1.54) is 5.56 Å². The Morgan fingerprint density at radius 1 is 1.38 bits per heavy atom. The molecule has 1 aliphatic heterocycles. The molecule has 16 heavy (non-hydrogen) atoms. The molecule has 1 amide bonds. The van der Waals surface area contributed by atoms with Gasteiger partial charge in [0.1, 0.15) is 6.10 Å². The summed E-state index contributed by atoms with van der Waals surface area (Å²) in [6, 6.07) is 8.30. The number of nitrogens with zero attached hydrogens (tertiary/aromatic N) is 1. The first kappa shape index (κ1) is 11.1. The van der Waals surface area contributed by atoms with E-state index in [2.05, 4.69) is 31.2 Å². The zero-order valence-electron chi connectivity index (χ0n) is 9.77. The van der Waals surface area contributed by atoms with Gasteiger partial charge in [0.2, 0.25) is 5.91 Å². The van der Waals surface area contributed by atoms with Crippen LogP contribution in [0.15, 0.2) is 24.3 Å². The standard InChI is InChI=1S/C13H17NO2/c1-10-3-5-12(6-4-10)13-9-14(11(2)15)7-8-16-13/h3-6,13H,7-9H2,1-2H3/t13-/m1/s1. The molecule has 0 spiro atoms. The number of morpholine rings is 1. The fourth-order valence-corrected chi connectivity index (χ4v) is 1.92. The molecule has 0 aliphatic carbocycles. The lowest BCUT2D eigenvalue weighted by Crippen LogP contribution is -2.41. The summed E-state index contributed by atoms with van der Waals surface area (Å²) in [5, 5.41) is 0. The van der Waals surface area contributed by atoms with E-state index < -0.39 is 0 Å². The summed E-state index contributed by atoms with van der Waals surface area (Å²) < 4.78 is 5.69. The lowest BCUT2D eigenvalue weighted by Gasteiger charge is -2.32. The molecular formula is C13H17NO2.